The number of carboxylic acids is 1. The van der Waals surface area contributed by atoms with E-state index in [1.165, 1.54) is 6.08 Å². The van der Waals surface area contributed by atoms with Crippen molar-refractivity contribution in [3.05, 3.63) is 24.5 Å². The molecule has 0 atom stereocenters. The van der Waals surface area contributed by atoms with E-state index < -0.39 is 11.9 Å². The topological polar surface area (TPSA) is 63.6 Å². The highest BCUT2D eigenvalue weighted by atomic mass is 16.5. The molecule has 0 aliphatic rings. The first-order valence-electron chi connectivity index (χ1n) is 3.84. The number of ether oxygens (including phenoxy) is 1. The van der Waals surface area contributed by atoms with E-state index in [0.717, 1.165) is 6.26 Å². The summed E-state index contributed by atoms with van der Waals surface area (Å²) >= 11 is 0. The van der Waals surface area contributed by atoms with Gasteiger partial charge in [0.1, 0.15) is 0 Å². The third kappa shape index (κ3) is 4.79. The molecule has 0 saturated heterocycles. The molecule has 0 rings (SSSR count). The lowest BCUT2D eigenvalue weighted by Gasteiger charge is -1.97. The van der Waals surface area contributed by atoms with Gasteiger partial charge in [-0.25, -0.2) is 4.79 Å². The van der Waals surface area contributed by atoms with Crippen LogP contribution < -0.4 is 0 Å². The first kappa shape index (κ1) is 11.4. The van der Waals surface area contributed by atoms with E-state index in [9.17, 15) is 9.59 Å². The highest BCUT2D eigenvalue weighted by Crippen LogP contribution is 2.02. The number of esters is 1. The van der Waals surface area contributed by atoms with Crippen molar-refractivity contribution in [3.63, 3.8) is 0 Å². The Kier molecular flexibility index (Phi) is 5.27. The highest BCUT2D eigenvalue weighted by Gasteiger charge is 2.05. The lowest BCUT2D eigenvalue weighted by molar-refractivity contribution is -0.136. The van der Waals surface area contributed by atoms with Crippen molar-refractivity contribution >= 4 is 11.9 Å². The molecular formula is C9H12O4. The molecule has 72 valence electrons. The quantitative estimate of drug-likeness (QED) is 0.399. The Bertz CT molecular complexity index is 240. The van der Waals surface area contributed by atoms with E-state index in [1.54, 1.807) is 6.92 Å². The highest BCUT2D eigenvalue weighted by molar-refractivity contribution is 5.87. The van der Waals surface area contributed by atoms with Crippen molar-refractivity contribution in [1.29, 1.82) is 0 Å². The molecule has 0 aromatic heterocycles. The van der Waals surface area contributed by atoms with Gasteiger partial charge in [-0.05, 0) is 6.42 Å². The third-order valence-corrected chi connectivity index (χ3v) is 1.39. The molecule has 0 amide bonds. The first-order valence-corrected chi connectivity index (χ1v) is 3.84. The van der Waals surface area contributed by atoms with Gasteiger partial charge in [0.15, 0.2) is 0 Å². The van der Waals surface area contributed by atoms with E-state index in [0.29, 0.717) is 6.42 Å². The van der Waals surface area contributed by atoms with Gasteiger partial charge in [-0.1, -0.05) is 19.6 Å². The Morgan fingerprint density at radius 1 is 1.54 bits per heavy atom. The first-order chi connectivity index (χ1) is 6.11. The fraction of sp³-hybridized carbons (Fsp3) is 0.333. The molecule has 1 N–H and O–H groups in total. The monoisotopic (exact) mass is 184 g/mol. The molecule has 0 aromatic rings. The average Bonchev–Trinajstić information content (AvgIpc) is 2.05. The summed E-state index contributed by atoms with van der Waals surface area (Å²) in [4.78, 5) is 21.2. The Morgan fingerprint density at radius 2 is 2.15 bits per heavy atom. The van der Waals surface area contributed by atoms with Gasteiger partial charge >= 0.3 is 11.9 Å². The number of carboxylic acid groups (broad SMARTS) is 1. The summed E-state index contributed by atoms with van der Waals surface area (Å²) < 4.78 is 4.40. The molecule has 0 radical (unpaired) electrons. The zero-order chi connectivity index (χ0) is 10.3. The standard InChI is InChI=1S/C9H12O4/c1-3-7(9(11)12)5-6-8(10)13-4-2/h4-5H,2-3,6H2,1H3,(H,11,12). The van der Waals surface area contributed by atoms with E-state index in [2.05, 4.69) is 11.3 Å². The summed E-state index contributed by atoms with van der Waals surface area (Å²) in [6, 6.07) is 0. The molecule has 4 heteroatoms. The summed E-state index contributed by atoms with van der Waals surface area (Å²) in [5.74, 6) is -1.52. The molecule has 4 nitrogen and oxygen atoms in total. The molecule has 0 saturated carbocycles. The predicted octanol–water partition coefficient (Wildman–Crippen LogP) is 1.48. The lowest BCUT2D eigenvalue weighted by atomic mass is 10.2. The minimum atomic E-state index is -1.01. The Morgan fingerprint density at radius 3 is 2.54 bits per heavy atom. The maximum absolute atomic E-state index is 10.8. The molecule has 0 bridgehead atoms. The number of rotatable bonds is 5. The van der Waals surface area contributed by atoms with Crippen molar-refractivity contribution in [2.75, 3.05) is 0 Å². The maximum atomic E-state index is 10.8. The summed E-state index contributed by atoms with van der Waals surface area (Å²) in [5, 5.41) is 8.58. The van der Waals surface area contributed by atoms with Gasteiger partial charge in [-0.3, -0.25) is 4.79 Å². The van der Waals surface area contributed by atoms with Crippen molar-refractivity contribution in [2.45, 2.75) is 19.8 Å². The summed E-state index contributed by atoms with van der Waals surface area (Å²) in [5.41, 5.74) is 0.209. The Hall–Kier alpha value is -1.58. The molecular weight excluding hydrogens is 172 g/mol. The fourth-order valence-corrected chi connectivity index (χ4v) is 0.730. The Balaban J connectivity index is 4.14. The van der Waals surface area contributed by atoms with Gasteiger partial charge in [-0.2, -0.15) is 0 Å². The van der Waals surface area contributed by atoms with Crippen molar-refractivity contribution < 1.29 is 19.4 Å². The van der Waals surface area contributed by atoms with E-state index in [-0.39, 0.29) is 12.0 Å². The molecule has 0 fully saturated rings. The molecule has 0 unspecified atom stereocenters. The molecule has 0 aliphatic carbocycles. The average molecular weight is 184 g/mol. The van der Waals surface area contributed by atoms with Crippen molar-refractivity contribution in [3.8, 4) is 0 Å². The molecule has 0 heterocycles. The smallest absolute Gasteiger partial charge is 0.331 e. The van der Waals surface area contributed by atoms with Gasteiger partial charge < -0.3 is 9.84 Å². The van der Waals surface area contributed by atoms with E-state index in [4.69, 9.17) is 5.11 Å². The Labute approximate surface area is 76.5 Å². The maximum Gasteiger partial charge on any atom is 0.331 e. The normalized spacial score (nSPS) is 10.7. The van der Waals surface area contributed by atoms with Crippen LogP contribution in [-0.2, 0) is 14.3 Å². The zero-order valence-corrected chi connectivity index (χ0v) is 7.45. The van der Waals surface area contributed by atoms with E-state index in [1.807, 2.05) is 0 Å². The summed E-state index contributed by atoms with van der Waals surface area (Å²) in [6.07, 6.45) is 2.70. The third-order valence-electron chi connectivity index (χ3n) is 1.39. The number of carbonyl (C=O) groups excluding carboxylic acids is 1. The number of carbonyl (C=O) groups is 2. The minimum Gasteiger partial charge on any atom is -0.478 e. The van der Waals surface area contributed by atoms with Crippen LogP contribution in [0.1, 0.15) is 19.8 Å². The van der Waals surface area contributed by atoms with Gasteiger partial charge in [0.05, 0.1) is 12.7 Å². The van der Waals surface area contributed by atoms with E-state index >= 15 is 0 Å². The number of hydrogen-bond acceptors (Lipinski definition) is 3. The van der Waals surface area contributed by atoms with Crippen LogP contribution in [0.25, 0.3) is 0 Å². The van der Waals surface area contributed by atoms with Crippen LogP contribution >= 0.6 is 0 Å². The SMILES string of the molecule is C=COC(=O)CC=C(CC)C(=O)O. The minimum absolute atomic E-state index is 0.0402. The van der Waals surface area contributed by atoms with Crippen LogP contribution in [0.5, 0.6) is 0 Å². The number of hydrogen-bond donors (Lipinski definition) is 1. The van der Waals surface area contributed by atoms with Crippen LogP contribution in [0.15, 0.2) is 24.5 Å². The fourth-order valence-electron chi connectivity index (χ4n) is 0.730. The largest absolute Gasteiger partial charge is 0.478 e. The van der Waals surface area contributed by atoms with Gasteiger partial charge in [0.25, 0.3) is 0 Å². The van der Waals surface area contributed by atoms with Crippen LogP contribution in [-0.4, -0.2) is 17.0 Å². The number of aliphatic carboxylic acids is 1. The van der Waals surface area contributed by atoms with Gasteiger partial charge in [0, 0.05) is 5.57 Å². The predicted molar refractivity (Wildman–Crippen MR) is 46.9 cm³/mol. The zero-order valence-electron chi connectivity index (χ0n) is 7.45. The molecule has 0 spiro atoms. The van der Waals surface area contributed by atoms with Gasteiger partial charge in [0.2, 0.25) is 0 Å². The van der Waals surface area contributed by atoms with Crippen LogP contribution in [0.4, 0.5) is 0 Å². The molecule has 0 aromatic carbocycles. The van der Waals surface area contributed by atoms with Gasteiger partial charge in [-0.15, -0.1) is 0 Å². The van der Waals surface area contributed by atoms with Crippen molar-refractivity contribution in [1.82, 2.24) is 0 Å². The second-order valence-corrected chi connectivity index (χ2v) is 2.25. The second kappa shape index (κ2) is 5.99. The van der Waals surface area contributed by atoms with Crippen molar-refractivity contribution in [2.24, 2.45) is 0 Å². The second-order valence-electron chi connectivity index (χ2n) is 2.25. The van der Waals surface area contributed by atoms with Crippen LogP contribution in [0.2, 0.25) is 0 Å². The lowest BCUT2D eigenvalue weighted by Crippen LogP contribution is -2.02. The van der Waals surface area contributed by atoms with Crippen LogP contribution in [0.3, 0.4) is 0 Å². The molecule has 13 heavy (non-hydrogen) atoms. The summed E-state index contributed by atoms with van der Waals surface area (Å²) in [7, 11) is 0. The molecule has 0 aliphatic heterocycles. The summed E-state index contributed by atoms with van der Waals surface area (Å²) in [6.45, 7) is 4.91. The van der Waals surface area contributed by atoms with Crippen LogP contribution in [0, 0.1) is 0 Å².